The van der Waals surface area contributed by atoms with E-state index in [-0.39, 0.29) is 0 Å². The van der Waals surface area contributed by atoms with Crippen molar-refractivity contribution in [3.05, 3.63) is 10.9 Å². The van der Waals surface area contributed by atoms with Gasteiger partial charge < -0.3 is 0 Å². The summed E-state index contributed by atoms with van der Waals surface area (Å²) >= 11 is 0. The number of allylic oxidation sites excluding steroid dienone is 2. The van der Waals surface area contributed by atoms with Crippen LogP contribution in [0, 0.1) is 53.3 Å². The molecule has 2 rings (SSSR count). The third-order valence-corrected chi connectivity index (χ3v) is 11.1. The monoisotopic (exact) mass is 448 g/mol. The van der Waals surface area contributed by atoms with Crippen LogP contribution in [0.5, 0.6) is 0 Å². The third-order valence-electron chi connectivity index (χ3n) is 10.4. The highest BCUT2D eigenvalue weighted by Crippen LogP contribution is 2.51. The molecule has 0 amide bonds. The van der Waals surface area contributed by atoms with Gasteiger partial charge in [0.2, 0.25) is 0 Å². The van der Waals surface area contributed by atoms with Crippen molar-refractivity contribution in [1.29, 1.82) is 0 Å². The molecule has 182 valence electrons. The molecule has 0 N–H and O–H groups in total. The fourth-order valence-electron chi connectivity index (χ4n) is 7.06. The van der Waals surface area contributed by atoms with Gasteiger partial charge >= 0.3 is 0 Å². The van der Waals surface area contributed by atoms with Gasteiger partial charge in [0.25, 0.3) is 0 Å². The summed E-state index contributed by atoms with van der Waals surface area (Å²) in [7, 11) is 3.07. The highest BCUT2D eigenvalue weighted by Gasteiger charge is 2.42. The molecule has 2 saturated carbocycles. The number of hydrogen-bond donors (Lipinski definition) is 0. The van der Waals surface area contributed by atoms with Gasteiger partial charge in [0.05, 0.1) is 0 Å². The Kier molecular flexibility index (Phi) is 11.6. The average Bonchev–Trinajstić information content (AvgIpc) is 2.78. The maximum absolute atomic E-state index is 3.07. The molecule has 0 radical (unpaired) electrons. The van der Waals surface area contributed by atoms with Crippen molar-refractivity contribution in [3.63, 3.8) is 0 Å². The number of rotatable bonds is 14. The molecular formula is C30H57P. The highest BCUT2D eigenvalue weighted by molar-refractivity contribution is 7.22. The molecule has 0 aliphatic heterocycles. The first-order valence-electron chi connectivity index (χ1n) is 14.2. The van der Waals surface area contributed by atoms with Crippen LogP contribution in [0.3, 0.4) is 0 Å². The summed E-state index contributed by atoms with van der Waals surface area (Å²) in [5, 5.41) is 1.59. The third kappa shape index (κ3) is 7.08. The Bertz CT molecular complexity index is 549. The molecular weight excluding hydrogens is 391 g/mol. The highest BCUT2D eigenvalue weighted by atomic mass is 31.0. The molecule has 2 aliphatic carbocycles. The lowest BCUT2D eigenvalue weighted by Crippen LogP contribution is -2.41. The van der Waals surface area contributed by atoms with Crippen LogP contribution >= 0.6 is 9.24 Å². The fraction of sp³-hybridized carbons (Fsp3) is 0.933. The van der Waals surface area contributed by atoms with Crippen molar-refractivity contribution < 1.29 is 0 Å². The quantitative estimate of drug-likeness (QED) is 0.232. The second kappa shape index (κ2) is 13.2. The van der Waals surface area contributed by atoms with Gasteiger partial charge in [-0.1, -0.05) is 78.6 Å². The van der Waals surface area contributed by atoms with Crippen LogP contribution in [-0.4, -0.2) is 0 Å². The van der Waals surface area contributed by atoms with E-state index in [1.165, 1.54) is 70.6 Å². The van der Waals surface area contributed by atoms with Crippen LogP contribution in [0.4, 0.5) is 0 Å². The summed E-state index contributed by atoms with van der Waals surface area (Å²) in [5.41, 5.74) is 1.66. The summed E-state index contributed by atoms with van der Waals surface area (Å²) in [6, 6.07) is 0. The van der Waals surface area contributed by atoms with Gasteiger partial charge in [0, 0.05) is 0 Å². The summed E-state index contributed by atoms with van der Waals surface area (Å²) < 4.78 is 0. The molecule has 2 fully saturated rings. The smallest absolute Gasteiger partial charge is 0.0228 e. The second-order valence-corrected chi connectivity index (χ2v) is 12.7. The Morgan fingerprint density at radius 3 is 2.16 bits per heavy atom. The van der Waals surface area contributed by atoms with Gasteiger partial charge in [-0.3, -0.25) is 0 Å². The first kappa shape index (κ1) is 27.4. The zero-order valence-electron chi connectivity index (χ0n) is 22.6. The van der Waals surface area contributed by atoms with E-state index in [1.54, 1.807) is 10.9 Å². The molecule has 0 spiro atoms. The standard InChI is InChI=1S/C30H57P/c1-9-12-13-30(31)23(7)20(4)14-17-28(29-18-21(5)22(29)6)25(10-2)15-16-27-19-26(11-3)24(27)8/h20-22,24-29H,9-19,31H2,1-8H3. The molecule has 0 bridgehead atoms. The van der Waals surface area contributed by atoms with E-state index in [4.69, 9.17) is 0 Å². The molecule has 0 saturated heterocycles. The average molecular weight is 449 g/mol. The van der Waals surface area contributed by atoms with E-state index < -0.39 is 0 Å². The van der Waals surface area contributed by atoms with Crippen LogP contribution < -0.4 is 0 Å². The summed E-state index contributed by atoms with van der Waals surface area (Å²) in [6.45, 7) is 19.7. The second-order valence-electron chi connectivity index (χ2n) is 12.0. The molecule has 2 aliphatic rings. The summed E-state index contributed by atoms with van der Waals surface area (Å²) in [6.07, 6.45) is 15.6. The molecule has 0 nitrogen and oxygen atoms in total. The summed E-state index contributed by atoms with van der Waals surface area (Å²) in [4.78, 5) is 0. The lowest BCUT2D eigenvalue weighted by atomic mass is 9.56. The maximum Gasteiger partial charge on any atom is -0.0228 e. The van der Waals surface area contributed by atoms with E-state index in [2.05, 4.69) is 64.6 Å². The van der Waals surface area contributed by atoms with Crippen LogP contribution in [0.1, 0.15) is 126 Å². The molecule has 0 aromatic heterocycles. The number of hydrogen-bond acceptors (Lipinski definition) is 0. The van der Waals surface area contributed by atoms with Gasteiger partial charge in [-0.05, 0) is 112 Å². The predicted octanol–water partition coefficient (Wildman–Crippen LogP) is 10.1. The topological polar surface area (TPSA) is 0 Å². The SMILES string of the molecule is CCCCC(P)=C(C)C(C)CCC(C(CC)CCC1CC(CC)C1C)C1CC(C)C1C. The number of unbranched alkanes of at least 4 members (excludes halogenated alkanes) is 1. The van der Waals surface area contributed by atoms with Crippen molar-refractivity contribution in [2.45, 2.75) is 126 Å². The maximum atomic E-state index is 3.07. The molecule has 31 heavy (non-hydrogen) atoms. The Morgan fingerprint density at radius 1 is 0.935 bits per heavy atom. The largest absolute Gasteiger partial charge is 0.110 e. The fourth-order valence-corrected chi connectivity index (χ4v) is 7.55. The molecule has 10 unspecified atom stereocenters. The first-order valence-corrected chi connectivity index (χ1v) is 14.8. The van der Waals surface area contributed by atoms with Crippen molar-refractivity contribution in [2.24, 2.45) is 53.3 Å². The van der Waals surface area contributed by atoms with Crippen LogP contribution in [0.2, 0.25) is 0 Å². The van der Waals surface area contributed by atoms with Gasteiger partial charge in [0.1, 0.15) is 0 Å². The first-order chi connectivity index (χ1) is 14.7. The van der Waals surface area contributed by atoms with Crippen molar-refractivity contribution in [1.82, 2.24) is 0 Å². The Labute approximate surface area is 199 Å². The van der Waals surface area contributed by atoms with Crippen LogP contribution in [-0.2, 0) is 0 Å². The van der Waals surface area contributed by atoms with E-state index in [0.717, 1.165) is 53.3 Å². The molecule has 10 atom stereocenters. The molecule has 0 heterocycles. The summed E-state index contributed by atoms with van der Waals surface area (Å²) in [5.74, 6) is 8.60. The normalized spacial score (nSPS) is 34.4. The van der Waals surface area contributed by atoms with E-state index in [1.807, 2.05) is 0 Å². The Balaban J connectivity index is 1.97. The molecule has 1 heteroatoms. The predicted molar refractivity (Wildman–Crippen MR) is 144 cm³/mol. The van der Waals surface area contributed by atoms with E-state index in [0.29, 0.717) is 0 Å². The van der Waals surface area contributed by atoms with Gasteiger partial charge in [-0.25, -0.2) is 0 Å². The van der Waals surface area contributed by atoms with Gasteiger partial charge in [-0.15, -0.1) is 9.24 Å². The van der Waals surface area contributed by atoms with E-state index >= 15 is 0 Å². The molecule has 0 aromatic carbocycles. The minimum Gasteiger partial charge on any atom is -0.110 e. The Hall–Kier alpha value is 0.170. The molecule has 0 aromatic rings. The van der Waals surface area contributed by atoms with Gasteiger partial charge in [-0.2, -0.15) is 0 Å². The minimum atomic E-state index is 0.745. The van der Waals surface area contributed by atoms with E-state index in [9.17, 15) is 0 Å². The van der Waals surface area contributed by atoms with Crippen LogP contribution in [0.15, 0.2) is 10.9 Å². The van der Waals surface area contributed by atoms with Crippen molar-refractivity contribution >= 4 is 9.24 Å². The zero-order valence-corrected chi connectivity index (χ0v) is 23.7. The minimum absolute atomic E-state index is 0.745. The van der Waals surface area contributed by atoms with Crippen molar-refractivity contribution in [2.75, 3.05) is 0 Å². The lowest BCUT2D eigenvalue weighted by Gasteiger charge is -2.49. The zero-order chi connectivity index (χ0) is 23.1. The van der Waals surface area contributed by atoms with Gasteiger partial charge in [0.15, 0.2) is 0 Å². The van der Waals surface area contributed by atoms with Crippen LogP contribution in [0.25, 0.3) is 0 Å². The lowest BCUT2D eigenvalue weighted by molar-refractivity contribution is 0.00366. The van der Waals surface area contributed by atoms with Crippen molar-refractivity contribution in [3.8, 4) is 0 Å². The Morgan fingerprint density at radius 2 is 1.65 bits per heavy atom.